The van der Waals surface area contributed by atoms with Crippen molar-refractivity contribution in [2.75, 3.05) is 7.05 Å². The van der Waals surface area contributed by atoms with Gasteiger partial charge in [0.15, 0.2) is 0 Å². The van der Waals surface area contributed by atoms with E-state index in [9.17, 15) is 9.50 Å². The first-order chi connectivity index (χ1) is 15.5. The molecule has 168 valence electrons. The lowest BCUT2D eigenvalue weighted by molar-refractivity contribution is 0.135. The second-order valence-electron chi connectivity index (χ2n) is 9.05. The number of hydrogen-bond donors (Lipinski definition) is 2. The van der Waals surface area contributed by atoms with Crippen molar-refractivity contribution in [2.24, 2.45) is 0 Å². The molecule has 1 unspecified atom stereocenters. The molecule has 0 aliphatic carbocycles. The van der Waals surface area contributed by atoms with Gasteiger partial charge in [-0.3, -0.25) is 4.90 Å². The zero-order valence-electron chi connectivity index (χ0n) is 18.8. The SMILES string of the molecule is Cc1cc(CN(C)Cc2ccc(C[C@H]3CC[C@H](C(O)c4ccccc4)N3)cc2)cnc1F. The van der Waals surface area contributed by atoms with Crippen LogP contribution in [-0.4, -0.2) is 34.1 Å². The minimum absolute atomic E-state index is 0.111. The van der Waals surface area contributed by atoms with E-state index >= 15 is 0 Å². The minimum Gasteiger partial charge on any atom is -0.387 e. The van der Waals surface area contributed by atoms with Crippen LogP contribution in [0.25, 0.3) is 0 Å². The molecule has 2 aromatic carbocycles. The number of aryl methyl sites for hydroxylation is 1. The van der Waals surface area contributed by atoms with Crippen molar-refractivity contribution in [3.8, 4) is 0 Å². The van der Waals surface area contributed by atoms with Crippen LogP contribution in [0.1, 0.15) is 46.8 Å². The molecule has 3 aromatic rings. The Balaban J connectivity index is 1.27. The summed E-state index contributed by atoms with van der Waals surface area (Å²) in [4.78, 5) is 6.02. The standard InChI is InChI=1S/C27H32FN3O/c1-19-14-22(16-29-27(19)28)18-31(2)17-21-10-8-20(9-11-21)15-24-12-13-25(30-24)26(32)23-6-4-3-5-7-23/h3-11,14,16,24-26,30,32H,12-13,15,17-18H2,1-2H3/t24-,25-,26?/m1/s1. The van der Waals surface area contributed by atoms with Gasteiger partial charge in [-0.05, 0) is 61.6 Å². The summed E-state index contributed by atoms with van der Waals surface area (Å²) < 4.78 is 13.4. The summed E-state index contributed by atoms with van der Waals surface area (Å²) in [5.41, 5.74) is 5.13. The maximum absolute atomic E-state index is 13.4. The van der Waals surface area contributed by atoms with E-state index in [4.69, 9.17) is 0 Å². The van der Waals surface area contributed by atoms with Crippen molar-refractivity contribution in [2.45, 2.75) is 57.5 Å². The molecular formula is C27H32FN3O. The highest BCUT2D eigenvalue weighted by molar-refractivity contribution is 5.25. The zero-order valence-corrected chi connectivity index (χ0v) is 18.8. The number of pyridine rings is 1. The molecule has 0 saturated carbocycles. The number of aromatic nitrogens is 1. The smallest absolute Gasteiger partial charge is 0.215 e. The Morgan fingerprint density at radius 2 is 1.72 bits per heavy atom. The lowest BCUT2D eigenvalue weighted by Crippen LogP contribution is -2.35. The van der Waals surface area contributed by atoms with Gasteiger partial charge in [0.25, 0.3) is 0 Å². The van der Waals surface area contributed by atoms with Gasteiger partial charge in [0.05, 0.1) is 6.10 Å². The van der Waals surface area contributed by atoms with Gasteiger partial charge in [-0.2, -0.15) is 4.39 Å². The highest BCUT2D eigenvalue weighted by atomic mass is 19.1. The second-order valence-corrected chi connectivity index (χ2v) is 9.05. The summed E-state index contributed by atoms with van der Waals surface area (Å²) >= 11 is 0. The molecule has 1 aromatic heterocycles. The fourth-order valence-electron chi connectivity index (χ4n) is 4.59. The van der Waals surface area contributed by atoms with Crippen LogP contribution in [0.2, 0.25) is 0 Å². The third-order valence-electron chi connectivity index (χ3n) is 6.28. The average molecular weight is 434 g/mol. The van der Waals surface area contributed by atoms with Crippen LogP contribution >= 0.6 is 0 Å². The lowest BCUT2D eigenvalue weighted by atomic mass is 10.0. The van der Waals surface area contributed by atoms with E-state index in [1.54, 1.807) is 13.1 Å². The van der Waals surface area contributed by atoms with Gasteiger partial charge < -0.3 is 10.4 Å². The average Bonchev–Trinajstić information content (AvgIpc) is 3.26. The molecule has 1 saturated heterocycles. The number of nitrogens with one attached hydrogen (secondary N) is 1. The monoisotopic (exact) mass is 433 g/mol. The van der Waals surface area contributed by atoms with Crippen molar-refractivity contribution >= 4 is 0 Å². The molecule has 1 aliphatic rings. The molecule has 2 heterocycles. The van der Waals surface area contributed by atoms with Crippen molar-refractivity contribution in [3.63, 3.8) is 0 Å². The Morgan fingerprint density at radius 1 is 1.03 bits per heavy atom. The van der Waals surface area contributed by atoms with E-state index < -0.39 is 12.1 Å². The number of rotatable bonds is 8. The molecule has 32 heavy (non-hydrogen) atoms. The van der Waals surface area contributed by atoms with Gasteiger partial charge in [-0.25, -0.2) is 4.98 Å². The van der Waals surface area contributed by atoms with Crippen LogP contribution in [0.5, 0.6) is 0 Å². The largest absolute Gasteiger partial charge is 0.387 e. The number of halogens is 1. The molecule has 5 heteroatoms. The van der Waals surface area contributed by atoms with Gasteiger partial charge in [0.2, 0.25) is 5.95 Å². The molecular weight excluding hydrogens is 401 g/mol. The van der Waals surface area contributed by atoms with E-state index in [0.717, 1.165) is 43.5 Å². The number of nitrogens with zero attached hydrogens (tertiary/aromatic N) is 2. The Morgan fingerprint density at radius 3 is 2.44 bits per heavy atom. The fraction of sp³-hybridized carbons (Fsp3) is 0.370. The van der Waals surface area contributed by atoms with Crippen molar-refractivity contribution in [3.05, 3.63) is 101 Å². The first-order valence-corrected chi connectivity index (χ1v) is 11.3. The van der Waals surface area contributed by atoms with E-state index in [1.165, 1.54) is 11.1 Å². The molecule has 3 atom stereocenters. The van der Waals surface area contributed by atoms with Crippen LogP contribution in [-0.2, 0) is 19.5 Å². The number of aliphatic hydroxyl groups excluding tert-OH is 1. The quantitative estimate of drug-likeness (QED) is 0.512. The third kappa shape index (κ3) is 5.80. The van der Waals surface area contributed by atoms with Gasteiger partial charge in [-0.15, -0.1) is 0 Å². The zero-order chi connectivity index (χ0) is 22.5. The first-order valence-electron chi connectivity index (χ1n) is 11.3. The summed E-state index contributed by atoms with van der Waals surface area (Å²) in [6, 6.07) is 21.0. The Labute approximate surface area is 190 Å². The van der Waals surface area contributed by atoms with Crippen LogP contribution < -0.4 is 5.32 Å². The van der Waals surface area contributed by atoms with Gasteiger partial charge in [0, 0.05) is 36.9 Å². The van der Waals surface area contributed by atoms with E-state index in [0.29, 0.717) is 11.6 Å². The topological polar surface area (TPSA) is 48.4 Å². The minimum atomic E-state index is -0.459. The van der Waals surface area contributed by atoms with Crippen LogP contribution in [0, 0.1) is 12.9 Å². The predicted molar refractivity (Wildman–Crippen MR) is 126 cm³/mol. The summed E-state index contributed by atoms with van der Waals surface area (Å²) in [7, 11) is 2.06. The Bertz CT molecular complexity index is 1010. The number of benzene rings is 2. The van der Waals surface area contributed by atoms with E-state index in [1.807, 2.05) is 36.4 Å². The highest BCUT2D eigenvalue weighted by Gasteiger charge is 2.29. The molecule has 2 N–H and O–H groups in total. The molecule has 0 bridgehead atoms. The highest BCUT2D eigenvalue weighted by Crippen LogP contribution is 2.26. The summed E-state index contributed by atoms with van der Waals surface area (Å²) in [5.74, 6) is -0.398. The van der Waals surface area contributed by atoms with E-state index in [-0.39, 0.29) is 6.04 Å². The van der Waals surface area contributed by atoms with Crippen molar-refractivity contribution in [1.29, 1.82) is 0 Å². The van der Waals surface area contributed by atoms with Crippen LogP contribution in [0.15, 0.2) is 66.9 Å². The Kier molecular flexibility index (Phi) is 7.30. The van der Waals surface area contributed by atoms with Crippen LogP contribution in [0.3, 0.4) is 0 Å². The summed E-state index contributed by atoms with van der Waals surface area (Å²) in [6.07, 6.45) is 4.18. The maximum atomic E-state index is 13.4. The molecule has 0 amide bonds. The van der Waals surface area contributed by atoms with E-state index in [2.05, 4.69) is 46.5 Å². The second kappa shape index (κ2) is 10.3. The summed E-state index contributed by atoms with van der Waals surface area (Å²) in [5, 5.41) is 14.3. The van der Waals surface area contributed by atoms with Crippen molar-refractivity contribution < 1.29 is 9.50 Å². The Hall–Kier alpha value is -2.60. The molecule has 1 fully saturated rings. The molecule has 1 aliphatic heterocycles. The van der Waals surface area contributed by atoms with Crippen LogP contribution in [0.4, 0.5) is 4.39 Å². The molecule has 0 spiro atoms. The summed E-state index contributed by atoms with van der Waals surface area (Å²) in [6.45, 7) is 3.30. The van der Waals surface area contributed by atoms with Crippen molar-refractivity contribution in [1.82, 2.24) is 15.2 Å². The maximum Gasteiger partial charge on any atom is 0.215 e. The first kappa shape index (κ1) is 22.6. The number of aliphatic hydroxyl groups is 1. The third-order valence-corrected chi connectivity index (χ3v) is 6.28. The number of hydrogen-bond acceptors (Lipinski definition) is 4. The fourth-order valence-corrected chi connectivity index (χ4v) is 4.59. The lowest BCUT2D eigenvalue weighted by Gasteiger charge is -2.20. The van der Waals surface area contributed by atoms with Gasteiger partial charge in [-0.1, -0.05) is 54.6 Å². The molecule has 4 nitrogen and oxygen atoms in total. The normalized spacial score (nSPS) is 19.4. The molecule has 0 radical (unpaired) electrons. The van der Waals surface area contributed by atoms with Gasteiger partial charge in [0.1, 0.15) is 0 Å². The van der Waals surface area contributed by atoms with Gasteiger partial charge >= 0.3 is 0 Å². The predicted octanol–water partition coefficient (Wildman–Crippen LogP) is 4.56. The molecule has 4 rings (SSSR count).